The van der Waals surface area contributed by atoms with Gasteiger partial charge in [0.15, 0.2) is 0 Å². The average Bonchev–Trinajstić information content (AvgIpc) is 3.05. The van der Waals surface area contributed by atoms with Crippen molar-refractivity contribution in [1.82, 2.24) is 14.5 Å². The van der Waals surface area contributed by atoms with E-state index in [1.54, 1.807) is 14.2 Å². The second kappa shape index (κ2) is 9.04. The van der Waals surface area contributed by atoms with Gasteiger partial charge in [-0.25, -0.2) is 4.98 Å². The monoisotopic (exact) mass is 371 g/mol. The SMILES string of the molecule is COCCn1c(C)cnc1CC1CCN(C(=O)c2ccc(OC)cc2)CC1. The number of methoxy groups -OCH3 is 2. The van der Waals surface area contributed by atoms with E-state index in [1.807, 2.05) is 35.4 Å². The molecule has 1 saturated heterocycles. The van der Waals surface area contributed by atoms with Crippen molar-refractivity contribution in [1.29, 1.82) is 0 Å². The molecular weight excluding hydrogens is 342 g/mol. The third-order valence-corrected chi connectivity index (χ3v) is 5.37. The van der Waals surface area contributed by atoms with Gasteiger partial charge in [0.1, 0.15) is 11.6 Å². The zero-order valence-electron chi connectivity index (χ0n) is 16.5. The molecule has 1 aromatic heterocycles. The number of imidazole rings is 1. The summed E-state index contributed by atoms with van der Waals surface area (Å²) in [5, 5.41) is 0. The third-order valence-electron chi connectivity index (χ3n) is 5.37. The number of hydrogen-bond donors (Lipinski definition) is 0. The molecule has 6 heteroatoms. The van der Waals surface area contributed by atoms with Crippen molar-refractivity contribution < 1.29 is 14.3 Å². The van der Waals surface area contributed by atoms with E-state index in [0.717, 1.165) is 56.0 Å². The highest BCUT2D eigenvalue weighted by Gasteiger charge is 2.25. The van der Waals surface area contributed by atoms with Gasteiger partial charge in [0, 0.05) is 50.6 Å². The van der Waals surface area contributed by atoms with Crippen LogP contribution in [0.1, 0.15) is 34.7 Å². The zero-order chi connectivity index (χ0) is 19.2. The van der Waals surface area contributed by atoms with E-state index in [1.165, 1.54) is 5.69 Å². The summed E-state index contributed by atoms with van der Waals surface area (Å²) in [6.45, 7) is 5.22. The smallest absolute Gasteiger partial charge is 0.253 e. The quantitative estimate of drug-likeness (QED) is 0.751. The lowest BCUT2D eigenvalue weighted by Gasteiger charge is -2.32. The molecule has 0 atom stereocenters. The molecule has 1 aliphatic rings. The third kappa shape index (κ3) is 4.69. The number of carbonyl (C=O) groups excluding carboxylic acids is 1. The Hall–Kier alpha value is -2.34. The molecule has 1 amide bonds. The second-order valence-corrected chi connectivity index (χ2v) is 7.13. The molecule has 3 rings (SSSR count). The van der Waals surface area contributed by atoms with Crippen LogP contribution >= 0.6 is 0 Å². The summed E-state index contributed by atoms with van der Waals surface area (Å²) in [5.41, 5.74) is 1.90. The highest BCUT2D eigenvalue weighted by atomic mass is 16.5. The Bertz CT molecular complexity index is 747. The van der Waals surface area contributed by atoms with Gasteiger partial charge in [-0.2, -0.15) is 0 Å². The predicted octanol–water partition coefficient (Wildman–Crippen LogP) is 2.94. The molecule has 2 heterocycles. The van der Waals surface area contributed by atoms with Gasteiger partial charge in [0.05, 0.1) is 13.7 Å². The van der Waals surface area contributed by atoms with Crippen LogP contribution in [0.4, 0.5) is 0 Å². The fourth-order valence-electron chi connectivity index (χ4n) is 3.68. The van der Waals surface area contributed by atoms with E-state index in [9.17, 15) is 4.79 Å². The molecule has 1 aromatic carbocycles. The van der Waals surface area contributed by atoms with E-state index in [4.69, 9.17) is 9.47 Å². The molecule has 0 unspecified atom stereocenters. The van der Waals surface area contributed by atoms with Crippen LogP contribution in [-0.4, -0.2) is 54.3 Å². The Morgan fingerprint density at radius 2 is 1.89 bits per heavy atom. The minimum atomic E-state index is 0.105. The Morgan fingerprint density at radius 3 is 2.52 bits per heavy atom. The maximum absolute atomic E-state index is 12.7. The number of benzene rings is 1. The molecule has 146 valence electrons. The van der Waals surface area contributed by atoms with Crippen molar-refractivity contribution in [3.05, 3.63) is 47.5 Å². The lowest BCUT2D eigenvalue weighted by Crippen LogP contribution is -2.39. The minimum absolute atomic E-state index is 0.105. The van der Waals surface area contributed by atoms with E-state index < -0.39 is 0 Å². The molecule has 0 aliphatic carbocycles. The molecule has 6 nitrogen and oxygen atoms in total. The maximum Gasteiger partial charge on any atom is 0.253 e. The first-order valence-electron chi connectivity index (χ1n) is 9.55. The number of aryl methyl sites for hydroxylation is 1. The van der Waals surface area contributed by atoms with Crippen LogP contribution in [0, 0.1) is 12.8 Å². The standard InChI is InChI=1S/C21H29N3O3/c1-16-15-22-20(24(16)12-13-26-2)14-17-8-10-23(11-9-17)21(25)18-4-6-19(27-3)7-5-18/h4-7,15,17H,8-14H2,1-3H3. The zero-order valence-corrected chi connectivity index (χ0v) is 16.5. The van der Waals surface area contributed by atoms with Crippen molar-refractivity contribution in [2.75, 3.05) is 33.9 Å². The van der Waals surface area contributed by atoms with Crippen LogP contribution in [0.15, 0.2) is 30.5 Å². The van der Waals surface area contributed by atoms with Gasteiger partial charge >= 0.3 is 0 Å². The van der Waals surface area contributed by atoms with Crippen molar-refractivity contribution in [3.8, 4) is 5.75 Å². The lowest BCUT2D eigenvalue weighted by molar-refractivity contribution is 0.0689. The lowest BCUT2D eigenvalue weighted by atomic mass is 9.93. The van der Waals surface area contributed by atoms with Crippen molar-refractivity contribution in [3.63, 3.8) is 0 Å². The number of aromatic nitrogens is 2. The Morgan fingerprint density at radius 1 is 1.19 bits per heavy atom. The van der Waals surface area contributed by atoms with Gasteiger partial charge in [-0.3, -0.25) is 4.79 Å². The van der Waals surface area contributed by atoms with Gasteiger partial charge in [0.2, 0.25) is 0 Å². The summed E-state index contributed by atoms with van der Waals surface area (Å²) in [6, 6.07) is 7.34. The van der Waals surface area contributed by atoms with Gasteiger partial charge in [-0.05, 0) is 49.9 Å². The number of likely N-dealkylation sites (tertiary alicyclic amines) is 1. The van der Waals surface area contributed by atoms with Crippen LogP contribution < -0.4 is 4.74 Å². The average molecular weight is 371 g/mol. The number of ether oxygens (including phenoxy) is 2. The highest BCUT2D eigenvalue weighted by molar-refractivity contribution is 5.94. The molecule has 1 fully saturated rings. The van der Waals surface area contributed by atoms with Crippen molar-refractivity contribution >= 4 is 5.91 Å². The minimum Gasteiger partial charge on any atom is -0.497 e. The predicted molar refractivity (Wildman–Crippen MR) is 104 cm³/mol. The fraction of sp³-hybridized carbons (Fsp3) is 0.524. The Balaban J connectivity index is 1.55. The van der Waals surface area contributed by atoms with Crippen molar-refractivity contribution in [2.24, 2.45) is 5.92 Å². The molecule has 0 radical (unpaired) electrons. The van der Waals surface area contributed by atoms with Crippen LogP contribution in [0.5, 0.6) is 5.75 Å². The summed E-state index contributed by atoms with van der Waals surface area (Å²) >= 11 is 0. The van der Waals surface area contributed by atoms with Gasteiger partial charge < -0.3 is 18.9 Å². The molecular formula is C21H29N3O3. The number of amides is 1. The summed E-state index contributed by atoms with van der Waals surface area (Å²) in [7, 11) is 3.35. The van der Waals surface area contributed by atoms with Crippen LogP contribution in [-0.2, 0) is 17.7 Å². The Kier molecular flexibility index (Phi) is 6.50. The van der Waals surface area contributed by atoms with E-state index >= 15 is 0 Å². The molecule has 2 aromatic rings. The Labute approximate surface area is 161 Å². The topological polar surface area (TPSA) is 56.6 Å². The van der Waals surface area contributed by atoms with E-state index in [2.05, 4.69) is 16.5 Å². The molecule has 1 aliphatic heterocycles. The first-order chi connectivity index (χ1) is 13.1. The summed E-state index contributed by atoms with van der Waals surface area (Å²) < 4.78 is 12.6. The number of piperidine rings is 1. The highest BCUT2D eigenvalue weighted by Crippen LogP contribution is 2.23. The summed E-state index contributed by atoms with van der Waals surface area (Å²) in [6.07, 6.45) is 4.92. The van der Waals surface area contributed by atoms with Gasteiger partial charge in [0.25, 0.3) is 5.91 Å². The normalized spacial score (nSPS) is 15.1. The van der Waals surface area contributed by atoms with Crippen molar-refractivity contribution in [2.45, 2.75) is 32.7 Å². The fourth-order valence-corrected chi connectivity index (χ4v) is 3.68. The molecule has 27 heavy (non-hydrogen) atoms. The molecule has 0 saturated carbocycles. The molecule has 0 spiro atoms. The largest absolute Gasteiger partial charge is 0.497 e. The van der Waals surface area contributed by atoms with E-state index in [-0.39, 0.29) is 5.91 Å². The van der Waals surface area contributed by atoms with E-state index in [0.29, 0.717) is 12.5 Å². The maximum atomic E-state index is 12.7. The molecule has 0 bridgehead atoms. The first kappa shape index (κ1) is 19.4. The number of hydrogen-bond acceptors (Lipinski definition) is 4. The first-order valence-corrected chi connectivity index (χ1v) is 9.55. The van der Waals surface area contributed by atoms with Crippen LogP contribution in [0.2, 0.25) is 0 Å². The summed E-state index contributed by atoms with van der Waals surface area (Å²) in [4.78, 5) is 19.2. The van der Waals surface area contributed by atoms with Gasteiger partial charge in [-0.15, -0.1) is 0 Å². The van der Waals surface area contributed by atoms with Gasteiger partial charge in [-0.1, -0.05) is 0 Å². The molecule has 0 N–H and O–H groups in total. The number of rotatable bonds is 7. The van der Waals surface area contributed by atoms with Crippen LogP contribution in [0.3, 0.4) is 0 Å². The second-order valence-electron chi connectivity index (χ2n) is 7.13. The number of nitrogens with zero attached hydrogens (tertiary/aromatic N) is 3. The van der Waals surface area contributed by atoms with Crippen LogP contribution in [0.25, 0.3) is 0 Å². The summed E-state index contributed by atoms with van der Waals surface area (Å²) in [5.74, 6) is 2.57. The number of carbonyl (C=O) groups is 1.